The van der Waals surface area contributed by atoms with Crippen molar-refractivity contribution in [3.05, 3.63) is 27.9 Å². The number of hydrogen-bond acceptors (Lipinski definition) is 4. The number of carbonyl (C=O) groups excluding carboxylic acids is 1. The van der Waals surface area contributed by atoms with E-state index in [-0.39, 0.29) is 35.6 Å². The number of halogens is 1. The van der Waals surface area contributed by atoms with E-state index < -0.39 is 0 Å². The van der Waals surface area contributed by atoms with Gasteiger partial charge in [0.25, 0.3) is 0 Å². The minimum absolute atomic E-state index is 0.0603. The number of esters is 1. The summed E-state index contributed by atoms with van der Waals surface area (Å²) in [6, 6.07) is 0. The van der Waals surface area contributed by atoms with Crippen LogP contribution >= 0.6 is 22.6 Å². The van der Waals surface area contributed by atoms with Gasteiger partial charge in [-0.05, 0) is 62.1 Å². The van der Waals surface area contributed by atoms with E-state index in [2.05, 4.69) is 47.5 Å². The van der Waals surface area contributed by atoms with Gasteiger partial charge in [-0.1, -0.05) is 11.6 Å². The monoisotopic (exact) mass is 442 g/mol. The molecule has 0 aromatic carbocycles. The number of hydrogen-bond donors (Lipinski definition) is 0. The Labute approximate surface area is 155 Å². The molecule has 24 heavy (non-hydrogen) atoms. The minimum Gasteiger partial charge on any atom is -0.459 e. The van der Waals surface area contributed by atoms with E-state index in [9.17, 15) is 4.79 Å². The molecule has 5 atom stereocenters. The number of fused-ring (bicyclic) bond motifs is 3. The molecule has 0 spiro atoms. The van der Waals surface area contributed by atoms with Gasteiger partial charge in [0.15, 0.2) is 3.83 Å². The first kappa shape index (κ1) is 16.6. The van der Waals surface area contributed by atoms with Crippen LogP contribution in [0.15, 0.2) is 24.0 Å². The highest BCUT2D eigenvalue weighted by atomic mass is 127. The van der Waals surface area contributed by atoms with E-state index in [1.807, 2.05) is 10.8 Å². The van der Waals surface area contributed by atoms with Crippen molar-refractivity contribution in [1.29, 1.82) is 0 Å². The molecule has 5 nitrogen and oxygen atoms in total. The van der Waals surface area contributed by atoms with E-state index in [4.69, 9.17) is 9.47 Å². The Balaban J connectivity index is 1.60. The third-order valence-electron chi connectivity index (χ3n) is 5.80. The molecular weight excluding hydrogens is 419 g/mol. The first-order valence-electron chi connectivity index (χ1n) is 8.68. The summed E-state index contributed by atoms with van der Waals surface area (Å²) in [6.45, 7) is 4.99. The Morgan fingerprint density at radius 3 is 3.08 bits per heavy atom. The summed E-state index contributed by atoms with van der Waals surface area (Å²) in [4.78, 5) is 16.9. The van der Waals surface area contributed by atoms with Gasteiger partial charge < -0.3 is 14.0 Å². The zero-order chi connectivity index (χ0) is 16.9. The molecule has 0 radical (unpaired) electrons. The minimum atomic E-state index is -0.129. The zero-order valence-electron chi connectivity index (χ0n) is 14.1. The van der Waals surface area contributed by atoms with Crippen LogP contribution in [-0.2, 0) is 20.8 Å². The molecule has 1 aromatic heterocycles. The van der Waals surface area contributed by atoms with Crippen molar-refractivity contribution in [2.45, 2.75) is 63.9 Å². The van der Waals surface area contributed by atoms with Crippen LogP contribution in [0.4, 0.5) is 0 Å². The van der Waals surface area contributed by atoms with Crippen LogP contribution in [0.25, 0.3) is 0 Å². The maximum absolute atomic E-state index is 12.6. The molecule has 1 unspecified atom stereocenters. The van der Waals surface area contributed by atoms with Crippen molar-refractivity contribution in [2.24, 2.45) is 11.8 Å². The molecule has 0 saturated carbocycles. The number of ether oxygens (including phenoxy) is 2. The van der Waals surface area contributed by atoms with Crippen LogP contribution in [0.2, 0.25) is 0 Å². The smallest absolute Gasteiger partial charge is 0.311 e. The average Bonchev–Trinajstić information content (AvgIpc) is 2.86. The number of allylic oxidation sites excluding steroid dienone is 2. The Bertz CT molecular complexity index is 686. The predicted octanol–water partition coefficient (Wildman–Crippen LogP) is 3.32. The van der Waals surface area contributed by atoms with Gasteiger partial charge in [-0.25, -0.2) is 4.98 Å². The first-order chi connectivity index (χ1) is 11.5. The van der Waals surface area contributed by atoms with Gasteiger partial charge in [0.1, 0.15) is 12.2 Å². The van der Waals surface area contributed by atoms with Crippen molar-refractivity contribution in [3.8, 4) is 0 Å². The highest BCUT2D eigenvalue weighted by Crippen LogP contribution is 2.50. The highest BCUT2D eigenvalue weighted by molar-refractivity contribution is 14.1. The zero-order valence-corrected chi connectivity index (χ0v) is 16.2. The summed E-state index contributed by atoms with van der Waals surface area (Å²) in [6.07, 6.45) is 10.1. The molecule has 3 heterocycles. The van der Waals surface area contributed by atoms with Gasteiger partial charge >= 0.3 is 5.97 Å². The standard InChI is InChI=1S/C18H23IN2O3/c1-11-4-3-7-18(2)15(24-18)14-12(6-5-11)13(16(22)23-14)10-21-9-8-20-17(21)19/h4,8-9,12-15H,3,5-7,10H2,1-2H3/t12-,13?,14-,15+,18+/m0/s1. The summed E-state index contributed by atoms with van der Waals surface area (Å²) >= 11 is 2.21. The largest absolute Gasteiger partial charge is 0.459 e. The van der Waals surface area contributed by atoms with E-state index >= 15 is 0 Å². The van der Waals surface area contributed by atoms with Gasteiger partial charge in [-0.3, -0.25) is 4.79 Å². The Morgan fingerprint density at radius 1 is 1.50 bits per heavy atom. The molecule has 130 valence electrons. The van der Waals surface area contributed by atoms with Crippen LogP contribution < -0.4 is 0 Å². The molecule has 0 N–H and O–H groups in total. The predicted molar refractivity (Wildman–Crippen MR) is 97.3 cm³/mol. The van der Waals surface area contributed by atoms with Crippen molar-refractivity contribution in [2.75, 3.05) is 0 Å². The maximum Gasteiger partial charge on any atom is 0.311 e. The molecule has 2 saturated heterocycles. The van der Waals surface area contributed by atoms with Crippen LogP contribution in [0.3, 0.4) is 0 Å². The quantitative estimate of drug-likeness (QED) is 0.305. The molecule has 6 heteroatoms. The molecule has 4 rings (SSSR count). The van der Waals surface area contributed by atoms with Crippen molar-refractivity contribution in [1.82, 2.24) is 9.55 Å². The lowest BCUT2D eigenvalue weighted by molar-refractivity contribution is -0.145. The normalized spacial score (nSPS) is 38.8. The van der Waals surface area contributed by atoms with Crippen LogP contribution in [-0.4, -0.2) is 33.3 Å². The molecular formula is C18H23IN2O3. The third-order valence-corrected chi connectivity index (χ3v) is 6.69. The summed E-state index contributed by atoms with van der Waals surface area (Å²) in [5, 5.41) is 0. The fraction of sp³-hybridized carbons (Fsp3) is 0.667. The Kier molecular flexibility index (Phi) is 4.23. The second-order valence-electron chi connectivity index (χ2n) is 7.50. The lowest BCUT2D eigenvalue weighted by Gasteiger charge is -2.22. The molecule has 1 aliphatic carbocycles. The van der Waals surface area contributed by atoms with Crippen LogP contribution in [0, 0.1) is 15.7 Å². The van der Waals surface area contributed by atoms with Crippen molar-refractivity contribution >= 4 is 28.6 Å². The fourth-order valence-electron chi connectivity index (χ4n) is 4.21. The lowest BCUT2D eigenvalue weighted by Crippen LogP contribution is -2.31. The van der Waals surface area contributed by atoms with Gasteiger partial charge in [0.2, 0.25) is 0 Å². The summed E-state index contributed by atoms with van der Waals surface area (Å²) in [5.41, 5.74) is 1.28. The van der Waals surface area contributed by atoms with Crippen molar-refractivity contribution in [3.63, 3.8) is 0 Å². The number of rotatable bonds is 2. The van der Waals surface area contributed by atoms with Gasteiger partial charge in [-0.2, -0.15) is 0 Å². The Hall–Kier alpha value is -0.890. The second kappa shape index (κ2) is 6.12. The average molecular weight is 442 g/mol. The second-order valence-corrected chi connectivity index (χ2v) is 8.46. The SMILES string of the molecule is CC1=CCC[C@@]2(C)O[C@@H]2[C@H]2OC(=O)C(Cn3ccnc3I)[C@@H]2CC1. The van der Waals surface area contributed by atoms with Crippen LogP contribution in [0.5, 0.6) is 0 Å². The maximum atomic E-state index is 12.6. The molecule has 2 aliphatic heterocycles. The van der Waals surface area contributed by atoms with E-state index in [1.165, 1.54) is 5.57 Å². The summed E-state index contributed by atoms with van der Waals surface area (Å²) < 4.78 is 14.8. The third kappa shape index (κ3) is 2.92. The van der Waals surface area contributed by atoms with Crippen molar-refractivity contribution < 1.29 is 14.3 Å². The fourth-order valence-corrected chi connectivity index (χ4v) is 4.73. The molecule has 1 aromatic rings. The number of aromatic nitrogens is 2. The van der Waals surface area contributed by atoms with E-state index in [1.54, 1.807) is 6.20 Å². The lowest BCUT2D eigenvalue weighted by atomic mass is 9.80. The molecule has 2 fully saturated rings. The Morgan fingerprint density at radius 2 is 2.33 bits per heavy atom. The van der Waals surface area contributed by atoms with Gasteiger partial charge in [-0.15, -0.1) is 0 Å². The van der Waals surface area contributed by atoms with E-state index in [0.717, 1.165) is 29.5 Å². The van der Waals surface area contributed by atoms with Crippen LogP contribution in [0.1, 0.15) is 39.5 Å². The van der Waals surface area contributed by atoms with E-state index in [0.29, 0.717) is 6.54 Å². The summed E-state index contributed by atoms with van der Waals surface area (Å²) in [7, 11) is 0. The molecule has 0 amide bonds. The number of epoxide rings is 1. The summed E-state index contributed by atoms with van der Waals surface area (Å²) in [5.74, 6) is 0.0237. The topological polar surface area (TPSA) is 56.6 Å². The molecule has 3 aliphatic rings. The van der Waals surface area contributed by atoms with Gasteiger partial charge in [0.05, 0.1) is 11.5 Å². The highest BCUT2D eigenvalue weighted by Gasteiger charge is 2.62. The van der Waals surface area contributed by atoms with Gasteiger partial charge in [0, 0.05) is 24.9 Å². The first-order valence-corrected chi connectivity index (χ1v) is 9.76. The number of nitrogens with zero attached hydrogens (tertiary/aromatic N) is 2. The molecule has 0 bridgehead atoms. The number of carbonyl (C=O) groups is 1. The number of imidazole rings is 1.